The number of ether oxygens (including phenoxy) is 1. The molecule has 0 atom stereocenters. The number of rotatable bonds is 4. The van der Waals surface area contributed by atoms with Gasteiger partial charge in [-0.1, -0.05) is 53.6 Å². The number of carbonyl (C=O) groups is 1. The molecule has 4 nitrogen and oxygen atoms in total. The standard InChI is InChI=1S/C24H19ClN2O2/c1-15-6-5-7-16(12-15)21-14-19(18-8-3-4-9-20(18)26-21)24(28)27-22-13-17(25)10-11-23(22)29-2/h3-14H,1-2H3,(H,27,28). The number of para-hydroxylation sites is 1. The van der Waals surface area contributed by atoms with Crippen LogP contribution in [0.15, 0.2) is 72.8 Å². The van der Waals surface area contributed by atoms with E-state index >= 15 is 0 Å². The molecule has 1 amide bonds. The number of carbonyl (C=O) groups excluding carboxylic acids is 1. The molecule has 3 aromatic carbocycles. The molecule has 1 aromatic heterocycles. The minimum absolute atomic E-state index is 0.252. The van der Waals surface area contributed by atoms with Crippen LogP contribution >= 0.6 is 11.6 Å². The van der Waals surface area contributed by atoms with Gasteiger partial charge < -0.3 is 10.1 Å². The molecule has 1 heterocycles. The molecule has 4 rings (SSSR count). The van der Waals surface area contributed by atoms with Crippen LogP contribution in [-0.4, -0.2) is 18.0 Å². The van der Waals surface area contributed by atoms with Gasteiger partial charge in [0, 0.05) is 16.0 Å². The van der Waals surface area contributed by atoms with E-state index < -0.39 is 0 Å². The highest BCUT2D eigenvalue weighted by atomic mass is 35.5. The predicted octanol–water partition coefficient (Wildman–Crippen LogP) is 6.12. The second-order valence-corrected chi connectivity index (χ2v) is 7.18. The van der Waals surface area contributed by atoms with Crippen molar-refractivity contribution >= 4 is 34.1 Å². The Hall–Kier alpha value is -3.37. The number of hydrogen-bond acceptors (Lipinski definition) is 3. The van der Waals surface area contributed by atoms with Gasteiger partial charge in [-0.25, -0.2) is 4.98 Å². The first-order valence-corrected chi connectivity index (χ1v) is 9.54. The second-order valence-electron chi connectivity index (χ2n) is 6.74. The number of hydrogen-bond donors (Lipinski definition) is 1. The Balaban J connectivity index is 1.82. The summed E-state index contributed by atoms with van der Waals surface area (Å²) < 4.78 is 5.35. The molecule has 0 spiro atoms. The van der Waals surface area contributed by atoms with Gasteiger partial charge in [-0.15, -0.1) is 0 Å². The van der Waals surface area contributed by atoms with E-state index in [9.17, 15) is 4.79 Å². The molecule has 144 valence electrons. The van der Waals surface area contributed by atoms with Crippen molar-refractivity contribution in [1.29, 1.82) is 0 Å². The quantitative estimate of drug-likeness (QED) is 0.447. The maximum absolute atomic E-state index is 13.2. The average Bonchev–Trinajstić information content (AvgIpc) is 2.73. The summed E-state index contributed by atoms with van der Waals surface area (Å²) in [6.07, 6.45) is 0. The Morgan fingerprint density at radius 3 is 2.62 bits per heavy atom. The summed E-state index contributed by atoms with van der Waals surface area (Å²) in [5.74, 6) is 0.290. The summed E-state index contributed by atoms with van der Waals surface area (Å²) in [7, 11) is 1.55. The molecule has 0 saturated carbocycles. The lowest BCUT2D eigenvalue weighted by Gasteiger charge is -2.13. The topological polar surface area (TPSA) is 51.2 Å². The van der Waals surface area contributed by atoms with Crippen molar-refractivity contribution in [2.75, 3.05) is 12.4 Å². The number of nitrogens with zero attached hydrogens (tertiary/aromatic N) is 1. The molecule has 29 heavy (non-hydrogen) atoms. The number of aromatic nitrogens is 1. The zero-order valence-corrected chi connectivity index (χ0v) is 16.8. The van der Waals surface area contributed by atoms with E-state index in [1.165, 1.54) is 0 Å². The Morgan fingerprint density at radius 1 is 1.00 bits per heavy atom. The normalized spacial score (nSPS) is 10.7. The largest absolute Gasteiger partial charge is 0.495 e. The maximum Gasteiger partial charge on any atom is 0.256 e. The van der Waals surface area contributed by atoms with Gasteiger partial charge >= 0.3 is 0 Å². The highest BCUT2D eigenvalue weighted by Gasteiger charge is 2.16. The first-order valence-electron chi connectivity index (χ1n) is 9.17. The third kappa shape index (κ3) is 3.93. The molecule has 0 fully saturated rings. The van der Waals surface area contributed by atoms with Gasteiger partial charge in [-0.2, -0.15) is 0 Å². The number of halogens is 1. The van der Waals surface area contributed by atoms with E-state index in [1.807, 2.05) is 55.5 Å². The maximum atomic E-state index is 13.2. The number of fused-ring (bicyclic) bond motifs is 1. The smallest absolute Gasteiger partial charge is 0.256 e. The Kier molecular flexibility index (Phi) is 5.19. The summed E-state index contributed by atoms with van der Waals surface area (Å²) in [6, 6.07) is 22.6. The Labute approximate surface area is 174 Å². The molecule has 0 aliphatic rings. The lowest BCUT2D eigenvalue weighted by molar-refractivity contribution is 0.102. The van der Waals surface area contributed by atoms with E-state index in [0.717, 1.165) is 27.7 Å². The van der Waals surface area contributed by atoms with Crippen LogP contribution in [0.3, 0.4) is 0 Å². The summed E-state index contributed by atoms with van der Waals surface area (Å²) in [4.78, 5) is 18.0. The van der Waals surface area contributed by atoms with E-state index in [4.69, 9.17) is 21.3 Å². The fourth-order valence-electron chi connectivity index (χ4n) is 3.28. The Bertz CT molecular complexity index is 1220. The molecule has 0 bridgehead atoms. The average molecular weight is 403 g/mol. The van der Waals surface area contributed by atoms with E-state index in [-0.39, 0.29) is 5.91 Å². The number of anilines is 1. The summed E-state index contributed by atoms with van der Waals surface area (Å²) in [5.41, 5.74) is 4.65. The molecule has 5 heteroatoms. The number of pyridine rings is 1. The molecule has 0 aliphatic carbocycles. The fourth-order valence-corrected chi connectivity index (χ4v) is 3.46. The third-order valence-electron chi connectivity index (χ3n) is 4.68. The van der Waals surface area contributed by atoms with E-state index in [1.54, 1.807) is 25.3 Å². The van der Waals surface area contributed by atoms with Gasteiger partial charge in [-0.05, 0) is 43.3 Å². The van der Waals surface area contributed by atoms with Crippen molar-refractivity contribution < 1.29 is 9.53 Å². The van der Waals surface area contributed by atoms with Crippen molar-refractivity contribution in [3.05, 3.63) is 88.9 Å². The zero-order valence-electron chi connectivity index (χ0n) is 16.1. The van der Waals surface area contributed by atoms with E-state index in [0.29, 0.717) is 22.0 Å². The molecule has 4 aromatic rings. The van der Waals surface area contributed by atoms with Gasteiger partial charge in [0.05, 0.1) is 29.6 Å². The molecule has 0 unspecified atom stereocenters. The number of aryl methyl sites for hydroxylation is 1. The molecule has 0 aliphatic heterocycles. The third-order valence-corrected chi connectivity index (χ3v) is 4.92. The van der Waals surface area contributed by atoms with Crippen LogP contribution in [0, 0.1) is 6.92 Å². The van der Waals surface area contributed by atoms with Crippen molar-refractivity contribution in [2.24, 2.45) is 0 Å². The summed E-state index contributed by atoms with van der Waals surface area (Å²) >= 11 is 6.10. The predicted molar refractivity (Wildman–Crippen MR) is 118 cm³/mol. The van der Waals surface area contributed by atoms with Crippen LogP contribution in [0.5, 0.6) is 5.75 Å². The number of nitrogens with one attached hydrogen (secondary N) is 1. The van der Waals surface area contributed by atoms with E-state index in [2.05, 4.69) is 11.4 Å². The molecule has 0 radical (unpaired) electrons. The molecule has 0 saturated heterocycles. The van der Waals surface area contributed by atoms with Crippen LogP contribution in [-0.2, 0) is 0 Å². The fraction of sp³-hybridized carbons (Fsp3) is 0.0833. The van der Waals surface area contributed by atoms with Gasteiger partial charge in [0.25, 0.3) is 5.91 Å². The molecule has 1 N–H and O–H groups in total. The van der Waals surface area contributed by atoms with Crippen molar-refractivity contribution in [1.82, 2.24) is 4.98 Å². The summed E-state index contributed by atoms with van der Waals surface area (Å²) in [5, 5.41) is 4.22. The van der Waals surface area contributed by atoms with Crippen LogP contribution < -0.4 is 10.1 Å². The molecular weight excluding hydrogens is 384 g/mol. The molecular formula is C24H19ClN2O2. The van der Waals surface area contributed by atoms with Crippen molar-refractivity contribution in [2.45, 2.75) is 6.92 Å². The van der Waals surface area contributed by atoms with Crippen molar-refractivity contribution in [3.8, 4) is 17.0 Å². The van der Waals surface area contributed by atoms with Gasteiger partial charge in [0.1, 0.15) is 5.75 Å². The highest BCUT2D eigenvalue weighted by Crippen LogP contribution is 2.30. The van der Waals surface area contributed by atoms with Crippen LogP contribution in [0.25, 0.3) is 22.2 Å². The number of methoxy groups -OCH3 is 1. The SMILES string of the molecule is COc1ccc(Cl)cc1NC(=O)c1cc(-c2cccc(C)c2)nc2ccccc12. The van der Waals surface area contributed by atoms with Crippen molar-refractivity contribution in [3.63, 3.8) is 0 Å². The number of benzene rings is 3. The van der Waals surface area contributed by atoms with Gasteiger partial charge in [0.2, 0.25) is 0 Å². The zero-order chi connectivity index (χ0) is 20.4. The second kappa shape index (κ2) is 7.94. The minimum atomic E-state index is -0.252. The minimum Gasteiger partial charge on any atom is -0.495 e. The first-order chi connectivity index (χ1) is 14.0. The lowest BCUT2D eigenvalue weighted by Crippen LogP contribution is -2.14. The highest BCUT2D eigenvalue weighted by molar-refractivity contribution is 6.31. The monoisotopic (exact) mass is 402 g/mol. The summed E-state index contributed by atoms with van der Waals surface area (Å²) in [6.45, 7) is 2.03. The van der Waals surface area contributed by atoms with Gasteiger partial charge in [0.15, 0.2) is 0 Å². The van der Waals surface area contributed by atoms with Gasteiger partial charge in [-0.3, -0.25) is 4.79 Å². The van der Waals surface area contributed by atoms with Crippen LogP contribution in [0.4, 0.5) is 5.69 Å². The first kappa shape index (κ1) is 19.0. The number of amides is 1. The lowest BCUT2D eigenvalue weighted by atomic mass is 10.0. The van der Waals surface area contributed by atoms with Crippen LogP contribution in [0.1, 0.15) is 15.9 Å². The Morgan fingerprint density at radius 2 is 1.83 bits per heavy atom. The van der Waals surface area contributed by atoms with Crippen LogP contribution in [0.2, 0.25) is 5.02 Å².